The maximum atomic E-state index is 12.0. The maximum Gasteiger partial charge on any atom is 0.321 e. The van der Waals surface area contributed by atoms with Crippen molar-refractivity contribution in [1.29, 1.82) is 0 Å². The van der Waals surface area contributed by atoms with Gasteiger partial charge in [-0.15, -0.1) is 0 Å². The Hall–Kier alpha value is -1.95. The molecule has 7 heteroatoms. The summed E-state index contributed by atoms with van der Waals surface area (Å²) >= 11 is 5.83. The van der Waals surface area contributed by atoms with Gasteiger partial charge in [-0.3, -0.25) is 0 Å². The monoisotopic (exact) mass is 284 g/mol. The molecule has 0 radical (unpaired) electrons. The lowest BCUT2D eigenvalue weighted by atomic mass is 10.2. The highest BCUT2D eigenvalue weighted by Crippen LogP contribution is 2.15. The minimum absolute atomic E-state index is 0.0786. The van der Waals surface area contributed by atoms with Crippen LogP contribution in [0.15, 0.2) is 29.4 Å². The first-order chi connectivity index (χ1) is 8.93. The Bertz CT molecular complexity index is 479. The molecule has 1 aromatic carbocycles. The highest BCUT2D eigenvalue weighted by molar-refractivity contribution is 6.30. The van der Waals surface area contributed by atoms with Crippen molar-refractivity contribution in [2.45, 2.75) is 19.4 Å². The Morgan fingerprint density at radius 3 is 2.89 bits per heavy atom. The highest BCUT2D eigenvalue weighted by Gasteiger charge is 2.17. The molecule has 1 atom stereocenters. The van der Waals surface area contributed by atoms with Crippen molar-refractivity contribution in [3.8, 4) is 0 Å². The Labute approximate surface area is 116 Å². The number of oxime groups is 1. The second kappa shape index (κ2) is 6.84. The van der Waals surface area contributed by atoms with Crippen LogP contribution in [0.3, 0.4) is 0 Å². The van der Waals surface area contributed by atoms with E-state index in [1.807, 2.05) is 0 Å². The average molecular weight is 285 g/mol. The molecule has 0 aromatic heterocycles. The van der Waals surface area contributed by atoms with Crippen LogP contribution in [0, 0.1) is 0 Å². The number of benzene rings is 1. The summed E-state index contributed by atoms with van der Waals surface area (Å²) in [5, 5.41) is 14.6. The number of hydrogen-bond acceptors (Lipinski definition) is 3. The first-order valence-corrected chi connectivity index (χ1v) is 6.07. The van der Waals surface area contributed by atoms with Crippen LogP contribution in [-0.4, -0.2) is 35.1 Å². The van der Waals surface area contributed by atoms with Crippen LogP contribution >= 0.6 is 11.6 Å². The van der Waals surface area contributed by atoms with Gasteiger partial charge >= 0.3 is 6.03 Å². The number of carbonyl (C=O) groups is 1. The van der Waals surface area contributed by atoms with Crippen molar-refractivity contribution in [2.75, 3.05) is 12.4 Å². The first-order valence-electron chi connectivity index (χ1n) is 5.69. The number of carbonyl (C=O) groups excluding carboxylic acids is 1. The van der Waals surface area contributed by atoms with Crippen LogP contribution in [0.25, 0.3) is 0 Å². The number of rotatable bonds is 4. The van der Waals surface area contributed by atoms with E-state index in [0.717, 1.165) is 0 Å². The van der Waals surface area contributed by atoms with Gasteiger partial charge in [0.1, 0.15) is 5.84 Å². The van der Waals surface area contributed by atoms with Gasteiger partial charge in [0.15, 0.2) is 0 Å². The molecule has 0 heterocycles. The molecule has 0 bridgehead atoms. The van der Waals surface area contributed by atoms with Crippen molar-refractivity contribution >= 4 is 29.2 Å². The van der Waals surface area contributed by atoms with Gasteiger partial charge in [-0.2, -0.15) is 0 Å². The molecular formula is C12H17ClN4O2. The second-order valence-corrected chi connectivity index (χ2v) is 4.63. The standard InChI is InChI=1S/C12H17ClN4O2/c1-8(6-11(14)16-19)17(2)12(18)15-10-5-3-4-9(13)7-10/h3-5,7-8,19H,6H2,1-2H3,(H2,14,16)(H,15,18). The molecule has 0 saturated carbocycles. The van der Waals surface area contributed by atoms with Crippen LogP contribution in [0.1, 0.15) is 13.3 Å². The normalized spacial score (nSPS) is 12.9. The average Bonchev–Trinajstić information content (AvgIpc) is 2.37. The molecule has 2 amide bonds. The Balaban J connectivity index is 2.62. The van der Waals surface area contributed by atoms with E-state index in [0.29, 0.717) is 10.7 Å². The lowest BCUT2D eigenvalue weighted by Gasteiger charge is -2.24. The molecule has 0 saturated heterocycles. The van der Waals surface area contributed by atoms with E-state index in [9.17, 15) is 4.79 Å². The molecule has 1 aromatic rings. The Kier molecular flexibility index (Phi) is 5.44. The molecule has 19 heavy (non-hydrogen) atoms. The van der Waals surface area contributed by atoms with E-state index < -0.39 is 0 Å². The second-order valence-electron chi connectivity index (χ2n) is 4.20. The van der Waals surface area contributed by atoms with Gasteiger partial charge in [0.2, 0.25) is 0 Å². The van der Waals surface area contributed by atoms with Gasteiger partial charge in [-0.1, -0.05) is 22.8 Å². The largest absolute Gasteiger partial charge is 0.409 e. The molecule has 0 fully saturated rings. The van der Waals surface area contributed by atoms with E-state index in [-0.39, 0.29) is 24.3 Å². The van der Waals surface area contributed by atoms with E-state index in [2.05, 4.69) is 10.5 Å². The molecular weight excluding hydrogens is 268 g/mol. The molecule has 0 spiro atoms. The third-order valence-electron chi connectivity index (χ3n) is 2.69. The lowest BCUT2D eigenvalue weighted by molar-refractivity contribution is 0.208. The summed E-state index contributed by atoms with van der Waals surface area (Å²) in [5.41, 5.74) is 6.02. The van der Waals surface area contributed by atoms with Crippen LogP contribution in [0.4, 0.5) is 10.5 Å². The van der Waals surface area contributed by atoms with E-state index in [1.54, 1.807) is 38.2 Å². The van der Waals surface area contributed by atoms with E-state index in [4.69, 9.17) is 22.5 Å². The van der Waals surface area contributed by atoms with Crippen molar-refractivity contribution < 1.29 is 10.0 Å². The lowest BCUT2D eigenvalue weighted by Crippen LogP contribution is -2.40. The number of nitrogens with two attached hydrogens (primary N) is 1. The van der Waals surface area contributed by atoms with Gasteiger partial charge in [-0.05, 0) is 25.1 Å². The van der Waals surface area contributed by atoms with Crippen molar-refractivity contribution in [1.82, 2.24) is 4.90 Å². The van der Waals surface area contributed by atoms with Crippen molar-refractivity contribution in [2.24, 2.45) is 10.9 Å². The number of hydrogen-bond donors (Lipinski definition) is 3. The van der Waals surface area contributed by atoms with Gasteiger partial charge in [-0.25, -0.2) is 4.79 Å². The number of anilines is 1. The summed E-state index contributed by atoms with van der Waals surface area (Å²) in [6.45, 7) is 1.80. The van der Waals surface area contributed by atoms with Crippen LogP contribution in [-0.2, 0) is 0 Å². The smallest absolute Gasteiger partial charge is 0.321 e. The first kappa shape index (κ1) is 15.1. The van der Waals surface area contributed by atoms with Crippen molar-refractivity contribution in [3.05, 3.63) is 29.3 Å². The van der Waals surface area contributed by atoms with Gasteiger partial charge < -0.3 is 21.2 Å². The number of nitrogens with one attached hydrogen (secondary N) is 1. The van der Waals surface area contributed by atoms with Gasteiger partial charge in [0, 0.05) is 30.2 Å². The Morgan fingerprint density at radius 2 is 2.32 bits per heavy atom. The number of amides is 2. The van der Waals surface area contributed by atoms with Gasteiger partial charge in [0.05, 0.1) is 0 Å². The molecule has 1 rings (SSSR count). The molecule has 6 nitrogen and oxygen atoms in total. The fourth-order valence-electron chi connectivity index (χ4n) is 1.46. The number of nitrogens with zero attached hydrogens (tertiary/aromatic N) is 2. The predicted molar refractivity (Wildman–Crippen MR) is 75.7 cm³/mol. The molecule has 4 N–H and O–H groups in total. The zero-order chi connectivity index (χ0) is 14.4. The maximum absolute atomic E-state index is 12.0. The van der Waals surface area contributed by atoms with E-state index >= 15 is 0 Å². The summed E-state index contributed by atoms with van der Waals surface area (Å²) in [7, 11) is 1.63. The third-order valence-corrected chi connectivity index (χ3v) is 2.93. The van der Waals surface area contributed by atoms with Crippen LogP contribution < -0.4 is 11.1 Å². The third kappa shape index (κ3) is 4.67. The number of urea groups is 1. The summed E-state index contributed by atoms with van der Waals surface area (Å²) in [6, 6.07) is 6.38. The molecule has 104 valence electrons. The summed E-state index contributed by atoms with van der Waals surface area (Å²) in [5.74, 6) is 0.0786. The zero-order valence-electron chi connectivity index (χ0n) is 10.8. The minimum atomic E-state index is -0.291. The van der Waals surface area contributed by atoms with Crippen molar-refractivity contribution in [3.63, 3.8) is 0 Å². The molecule has 1 unspecified atom stereocenters. The SMILES string of the molecule is CC(CC(N)=NO)N(C)C(=O)Nc1cccc(Cl)c1. The summed E-state index contributed by atoms with van der Waals surface area (Å²) in [4.78, 5) is 13.4. The molecule has 0 aliphatic rings. The Morgan fingerprint density at radius 1 is 1.63 bits per heavy atom. The fraction of sp³-hybridized carbons (Fsp3) is 0.333. The number of halogens is 1. The minimum Gasteiger partial charge on any atom is -0.409 e. The zero-order valence-corrected chi connectivity index (χ0v) is 11.6. The molecule has 0 aliphatic heterocycles. The van der Waals surface area contributed by atoms with Gasteiger partial charge in [0.25, 0.3) is 0 Å². The topological polar surface area (TPSA) is 91.0 Å². The van der Waals surface area contributed by atoms with Crippen LogP contribution in [0.2, 0.25) is 5.02 Å². The van der Waals surface area contributed by atoms with E-state index in [1.165, 1.54) is 4.90 Å². The molecule has 0 aliphatic carbocycles. The fourth-order valence-corrected chi connectivity index (χ4v) is 1.65. The predicted octanol–water partition coefficient (Wildman–Crippen LogP) is 2.33. The van der Waals surface area contributed by atoms with Crippen LogP contribution in [0.5, 0.6) is 0 Å². The number of amidine groups is 1. The summed E-state index contributed by atoms with van der Waals surface area (Å²) < 4.78 is 0. The quantitative estimate of drug-likeness (QED) is 0.343. The summed E-state index contributed by atoms with van der Waals surface area (Å²) in [6.07, 6.45) is 0.288. The highest BCUT2D eigenvalue weighted by atomic mass is 35.5.